The Morgan fingerprint density at radius 2 is 1.84 bits per heavy atom. The number of hydrogen-bond acceptors (Lipinski definition) is 1. The lowest BCUT2D eigenvalue weighted by atomic mass is 9.97. The van der Waals surface area contributed by atoms with Crippen molar-refractivity contribution in [2.45, 2.75) is 12.1 Å². The Labute approximate surface area is 163 Å². The summed E-state index contributed by atoms with van der Waals surface area (Å²) in [5, 5.41) is 9.16. The van der Waals surface area contributed by atoms with Crippen LogP contribution in [0.5, 0.6) is 0 Å². The number of benzene rings is 2. The molecule has 0 aliphatic heterocycles. The summed E-state index contributed by atoms with van der Waals surface area (Å²) in [5.41, 5.74) is 0.472. The third-order valence-electron chi connectivity index (χ3n) is 3.30. The number of carbonyl (C=O) groups is 1. The lowest BCUT2D eigenvalue weighted by Gasteiger charge is -2.18. The van der Waals surface area contributed by atoms with Crippen molar-refractivity contribution >= 4 is 55.5 Å². The minimum absolute atomic E-state index is 0.00402. The summed E-state index contributed by atoms with van der Waals surface area (Å²) in [7, 11) is 0. The van der Waals surface area contributed by atoms with Crippen molar-refractivity contribution in [3.63, 3.8) is 0 Å². The Morgan fingerprint density at radius 1 is 1.16 bits per heavy atom. The van der Waals surface area contributed by atoms with Crippen molar-refractivity contribution in [2.24, 2.45) is 0 Å². The van der Waals surface area contributed by atoms with Crippen LogP contribution in [-0.2, 0) is 0 Å². The first-order valence-corrected chi connectivity index (χ1v) is 8.78. The van der Waals surface area contributed by atoms with Gasteiger partial charge in [0.25, 0.3) is 0 Å². The van der Waals surface area contributed by atoms with Crippen LogP contribution in [0.1, 0.15) is 27.4 Å². The van der Waals surface area contributed by atoms with Crippen molar-refractivity contribution in [1.82, 2.24) is 0 Å². The van der Waals surface area contributed by atoms with Gasteiger partial charge in [0.2, 0.25) is 0 Å². The topological polar surface area (TPSA) is 37.3 Å². The first-order valence-electron chi connectivity index (χ1n) is 6.81. The summed E-state index contributed by atoms with van der Waals surface area (Å²) in [6, 6.07) is 8.33. The Balaban J connectivity index is 2.39. The zero-order valence-corrected chi connectivity index (χ0v) is 16.2. The number of halogens is 6. The third-order valence-corrected chi connectivity index (χ3v) is 4.63. The van der Waals surface area contributed by atoms with Gasteiger partial charge in [0.05, 0.1) is 11.5 Å². The second-order valence-corrected chi connectivity index (χ2v) is 7.33. The molecule has 0 heterocycles. The van der Waals surface area contributed by atoms with Gasteiger partial charge in [-0.1, -0.05) is 45.7 Å². The van der Waals surface area contributed by atoms with Crippen LogP contribution in [0.2, 0.25) is 5.02 Å². The molecule has 2 rings (SSSR count). The predicted octanol–water partition coefficient (Wildman–Crippen LogP) is 6.92. The van der Waals surface area contributed by atoms with E-state index in [0.29, 0.717) is 10.0 Å². The summed E-state index contributed by atoms with van der Waals surface area (Å²) in [6.07, 6.45) is -2.19. The van der Waals surface area contributed by atoms with Crippen LogP contribution >= 0.6 is 43.5 Å². The number of aromatic carboxylic acids is 1. The maximum absolute atomic E-state index is 13.4. The fourth-order valence-corrected chi connectivity index (χ4v) is 3.63. The van der Waals surface area contributed by atoms with E-state index in [4.69, 9.17) is 16.7 Å². The molecule has 2 aromatic rings. The van der Waals surface area contributed by atoms with E-state index in [1.54, 1.807) is 0 Å². The van der Waals surface area contributed by atoms with Gasteiger partial charge in [-0.2, -0.15) is 13.2 Å². The molecule has 1 atom stereocenters. The highest BCUT2D eigenvalue weighted by Crippen LogP contribution is 2.38. The van der Waals surface area contributed by atoms with Crippen molar-refractivity contribution in [1.29, 1.82) is 0 Å². The Kier molecular flexibility index (Phi) is 6.35. The summed E-state index contributed by atoms with van der Waals surface area (Å²) in [6.45, 7) is 0. The largest absolute Gasteiger partial charge is 0.478 e. The van der Waals surface area contributed by atoms with E-state index < -0.39 is 18.1 Å². The van der Waals surface area contributed by atoms with E-state index in [1.807, 2.05) is 0 Å². The molecular weight excluding hydrogens is 488 g/mol. The van der Waals surface area contributed by atoms with Gasteiger partial charge in [-0.3, -0.25) is 0 Å². The van der Waals surface area contributed by atoms with E-state index in [1.165, 1.54) is 42.5 Å². The first-order chi connectivity index (χ1) is 11.6. The first kappa shape index (κ1) is 20.0. The minimum atomic E-state index is -4.50. The van der Waals surface area contributed by atoms with E-state index in [2.05, 4.69) is 31.9 Å². The van der Waals surface area contributed by atoms with Crippen LogP contribution in [0.3, 0.4) is 0 Å². The minimum Gasteiger partial charge on any atom is -0.478 e. The van der Waals surface area contributed by atoms with Crippen molar-refractivity contribution in [2.75, 3.05) is 0 Å². The quantitative estimate of drug-likeness (QED) is 0.497. The van der Waals surface area contributed by atoms with Gasteiger partial charge in [0, 0.05) is 14.0 Å². The van der Waals surface area contributed by atoms with Gasteiger partial charge < -0.3 is 5.11 Å². The summed E-state index contributed by atoms with van der Waals surface area (Å²) >= 11 is 12.1. The van der Waals surface area contributed by atoms with Crippen molar-refractivity contribution in [3.05, 3.63) is 73.1 Å². The Bertz CT molecular complexity index is 815. The highest BCUT2D eigenvalue weighted by Gasteiger charge is 2.39. The molecular formula is C17H10Br2ClF3O2. The number of carboxylic acids is 1. The van der Waals surface area contributed by atoms with Crippen LogP contribution in [-0.4, -0.2) is 17.3 Å². The molecule has 1 N–H and O–H groups in total. The van der Waals surface area contributed by atoms with Gasteiger partial charge in [-0.15, -0.1) is 0 Å². The maximum atomic E-state index is 13.4. The van der Waals surface area contributed by atoms with E-state index in [-0.39, 0.29) is 20.6 Å². The molecule has 25 heavy (non-hydrogen) atoms. The molecule has 0 aliphatic rings. The van der Waals surface area contributed by atoms with Crippen molar-refractivity contribution < 1.29 is 23.1 Å². The standard InChI is InChI=1S/C17H10Br2ClF3O2/c18-11-6-10(7-12(20)8-11)14(17(21,22)23)4-2-9-1-3-13(16(24)25)15(19)5-9/h1-8,14H,(H,24,25)/b4-2+. The van der Waals surface area contributed by atoms with Crippen molar-refractivity contribution in [3.8, 4) is 0 Å². The molecule has 0 aromatic heterocycles. The lowest BCUT2D eigenvalue weighted by molar-refractivity contribution is -0.139. The molecule has 0 aliphatic carbocycles. The van der Waals surface area contributed by atoms with Gasteiger partial charge in [0.1, 0.15) is 0 Å². The van der Waals surface area contributed by atoms with E-state index in [0.717, 1.165) is 6.08 Å². The number of carboxylic acid groups (broad SMARTS) is 1. The van der Waals surface area contributed by atoms with Gasteiger partial charge in [0.15, 0.2) is 0 Å². The number of allylic oxidation sites excluding steroid dienone is 1. The summed E-state index contributed by atoms with van der Waals surface area (Å²) in [4.78, 5) is 11.0. The summed E-state index contributed by atoms with van der Waals surface area (Å²) in [5.74, 6) is -2.97. The number of rotatable bonds is 4. The van der Waals surface area contributed by atoms with Crippen LogP contribution in [0.25, 0.3) is 6.08 Å². The Hall–Kier alpha value is -1.31. The lowest BCUT2D eigenvalue weighted by Crippen LogP contribution is -2.18. The number of hydrogen-bond donors (Lipinski definition) is 1. The molecule has 0 radical (unpaired) electrons. The molecule has 0 fully saturated rings. The molecule has 0 spiro atoms. The fourth-order valence-electron chi connectivity index (χ4n) is 2.18. The molecule has 2 aromatic carbocycles. The monoisotopic (exact) mass is 496 g/mol. The normalized spacial score (nSPS) is 13.2. The predicted molar refractivity (Wildman–Crippen MR) is 98.1 cm³/mol. The van der Waals surface area contributed by atoms with Crippen LogP contribution in [0.15, 0.2) is 51.4 Å². The molecule has 8 heteroatoms. The molecule has 0 bridgehead atoms. The van der Waals surface area contributed by atoms with Crippen LogP contribution < -0.4 is 0 Å². The van der Waals surface area contributed by atoms with E-state index >= 15 is 0 Å². The van der Waals surface area contributed by atoms with E-state index in [9.17, 15) is 18.0 Å². The van der Waals surface area contributed by atoms with Gasteiger partial charge >= 0.3 is 12.1 Å². The molecule has 0 saturated heterocycles. The number of alkyl halides is 3. The molecule has 2 nitrogen and oxygen atoms in total. The van der Waals surface area contributed by atoms with Crippen LogP contribution in [0, 0.1) is 0 Å². The SMILES string of the molecule is O=C(O)c1ccc(/C=C/C(c2cc(Cl)cc(Br)c2)C(F)(F)F)cc1Br. The molecule has 0 amide bonds. The Morgan fingerprint density at radius 3 is 2.36 bits per heavy atom. The third kappa shape index (κ3) is 5.33. The highest BCUT2D eigenvalue weighted by molar-refractivity contribution is 9.10. The smallest absolute Gasteiger partial charge is 0.399 e. The zero-order chi connectivity index (χ0) is 18.8. The highest BCUT2D eigenvalue weighted by atomic mass is 79.9. The zero-order valence-electron chi connectivity index (χ0n) is 12.3. The average Bonchev–Trinajstić information content (AvgIpc) is 2.44. The summed E-state index contributed by atoms with van der Waals surface area (Å²) < 4.78 is 41.0. The fraction of sp³-hybridized carbons (Fsp3) is 0.118. The van der Waals surface area contributed by atoms with Gasteiger partial charge in [-0.05, 0) is 57.4 Å². The molecule has 132 valence electrons. The van der Waals surface area contributed by atoms with Crippen LogP contribution in [0.4, 0.5) is 13.2 Å². The van der Waals surface area contributed by atoms with Gasteiger partial charge in [-0.25, -0.2) is 4.79 Å². The average molecular weight is 499 g/mol. The molecule has 1 unspecified atom stereocenters. The second kappa shape index (κ2) is 7.93. The second-order valence-electron chi connectivity index (χ2n) is 5.13. The maximum Gasteiger partial charge on any atom is 0.399 e. The molecule has 0 saturated carbocycles.